The second-order valence-corrected chi connectivity index (χ2v) is 7.45. The predicted molar refractivity (Wildman–Crippen MR) is 105 cm³/mol. The van der Waals surface area contributed by atoms with E-state index >= 15 is 0 Å². The van der Waals surface area contributed by atoms with Crippen molar-refractivity contribution >= 4 is 43.3 Å². The van der Waals surface area contributed by atoms with Gasteiger partial charge < -0.3 is 4.52 Å². The summed E-state index contributed by atoms with van der Waals surface area (Å²) in [6, 6.07) is 0. The molecule has 25 heavy (non-hydrogen) atoms. The van der Waals surface area contributed by atoms with Crippen LogP contribution in [0.4, 0.5) is 0 Å². The molecule has 0 spiro atoms. The Hall–Kier alpha value is 0.360. The van der Waals surface area contributed by atoms with Crippen LogP contribution in [0.2, 0.25) is 0 Å². The van der Waals surface area contributed by atoms with E-state index < -0.39 is 13.8 Å². The molecule has 0 aromatic rings. The quantitative estimate of drug-likeness (QED) is 0.169. The number of phosphoric ester groups is 1. The van der Waals surface area contributed by atoms with Crippen LogP contribution < -0.4 is 0 Å². The molecule has 0 heterocycles. The average molecular weight is 386 g/mol. The van der Waals surface area contributed by atoms with Gasteiger partial charge in [0.2, 0.25) is 0 Å². The number of phosphoric acid groups is 1. The fourth-order valence-electron chi connectivity index (χ4n) is 2.52. The molecule has 5 nitrogen and oxygen atoms in total. The molecule has 0 unspecified atom stereocenters. The third-order valence-corrected chi connectivity index (χ3v) is 4.30. The van der Waals surface area contributed by atoms with Gasteiger partial charge in [0.1, 0.15) is 0 Å². The first-order valence-electron chi connectivity index (χ1n) is 9.38. The monoisotopic (exact) mass is 386 g/mol. The summed E-state index contributed by atoms with van der Waals surface area (Å²) < 4.78 is 14.4. The molecule has 0 bridgehead atoms. The fraction of sp³-hybridized carbons (Fsp3) is 0.833. The molecule has 0 saturated carbocycles. The van der Waals surface area contributed by atoms with E-state index in [1.54, 1.807) is 0 Å². The number of carbonyl (C=O) groups is 1. The number of carbonyl (C=O) groups excluding carboxylic acids is 1. The molecule has 0 aromatic carbocycles. The minimum atomic E-state index is -4.67. The van der Waals surface area contributed by atoms with Crippen molar-refractivity contribution in [2.75, 3.05) is 0 Å². The van der Waals surface area contributed by atoms with E-state index in [1.807, 2.05) is 0 Å². The Bertz CT molecular complexity index is 382. The van der Waals surface area contributed by atoms with E-state index in [1.165, 1.54) is 44.9 Å². The van der Waals surface area contributed by atoms with E-state index in [0.29, 0.717) is 6.42 Å². The first kappa shape index (κ1) is 27.6. The van der Waals surface area contributed by atoms with E-state index in [9.17, 15) is 9.36 Å². The van der Waals surface area contributed by atoms with Crippen molar-refractivity contribution in [3.05, 3.63) is 12.2 Å². The van der Waals surface area contributed by atoms with Gasteiger partial charge in [-0.15, -0.1) is 0 Å². The molecule has 0 rings (SSSR count). The van der Waals surface area contributed by atoms with Crippen molar-refractivity contribution in [1.82, 2.24) is 0 Å². The van der Waals surface area contributed by atoms with Crippen molar-refractivity contribution in [2.24, 2.45) is 0 Å². The van der Waals surface area contributed by atoms with Crippen LogP contribution in [0.5, 0.6) is 0 Å². The number of allylic oxidation sites excluding steroid dienone is 2. The number of hydrogen-bond donors (Lipinski definition) is 2. The van der Waals surface area contributed by atoms with E-state index in [4.69, 9.17) is 9.79 Å². The molecular weight excluding hydrogens is 350 g/mol. The summed E-state index contributed by atoms with van der Waals surface area (Å²) in [5.41, 5.74) is 0. The van der Waals surface area contributed by atoms with E-state index in [2.05, 4.69) is 23.6 Å². The summed E-state index contributed by atoms with van der Waals surface area (Å²) in [6.45, 7) is 2.24. The molecule has 144 valence electrons. The topological polar surface area (TPSA) is 83.8 Å². The summed E-state index contributed by atoms with van der Waals surface area (Å²) in [6.07, 6.45) is 19.8. The van der Waals surface area contributed by atoms with E-state index in [0.717, 1.165) is 32.1 Å². The van der Waals surface area contributed by atoms with Crippen LogP contribution in [0, 0.1) is 0 Å². The van der Waals surface area contributed by atoms with Gasteiger partial charge in [-0.1, -0.05) is 70.4 Å². The molecule has 0 atom stereocenters. The third kappa shape index (κ3) is 24.4. The molecule has 0 amide bonds. The van der Waals surface area contributed by atoms with Gasteiger partial charge in [-0.3, -0.25) is 14.6 Å². The zero-order valence-electron chi connectivity index (χ0n) is 15.1. The molecule has 0 aliphatic rings. The molecule has 0 saturated heterocycles. The minimum absolute atomic E-state index is 0. The Balaban J connectivity index is 0. The molecule has 0 radical (unpaired) electrons. The Kier molecular flexibility index (Phi) is 21.1. The van der Waals surface area contributed by atoms with Crippen molar-refractivity contribution in [3.8, 4) is 0 Å². The number of unbranched alkanes of at least 4 members (excludes halogenated alkanes) is 11. The molecule has 2 N–H and O–H groups in total. The van der Waals surface area contributed by atoms with Crippen molar-refractivity contribution in [2.45, 2.75) is 96.8 Å². The van der Waals surface area contributed by atoms with Crippen molar-refractivity contribution < 1.29 is 23.7 Å². The third-order valence-electron chi connectivity index (χ3n) is 3.86. The van der Waals surface area contributed by atoms with Crippen LogP contribution in [0.15, 0.2) is 12.2 Å². The fourth-order valence-corrected chi connectivity index (χ4v) is 2.87. The molecule has 0 aliphatic carbocycles. The van der Waals surface area contributed by atoms with Gasteiger partial charge in [0.15, 0.2) is 0 Å². The van der Waals surface area contributed by atoms with Gasteiger partial charge in [-0.05, 0) is 32.1 Å². The maximum atomic E-state index is 11.1. The molecule has 0 aliphatic heterocycles. The van der Waals surface area contributed by atoms with Crippen molar-refractivity contribution in [1.29, 1.82) is 0 Å². The summed E-state index contributed by atoms with van der Waals surface area (Å²) in [4.78, 5) is 28.0. The van der Waals surface area contributed by atoms with Crippen molar-refractivity contribution in [3.63, 3.8) is 0 Å². The summed E-state index contributed by atoms with van der Waals surface area (Å²) in [5.74, 6) is -0.819. The average Bonchev–Trinajstić information content (AvgIpc) is 2.49. The Morgan fingerprint density at radius 1 is 0.840 bits per heavy atom. The molecule has 0 fully saturated rings. The summed E-state index contributed by atoms with van der Waals surface area (Å²) in [5, 5.41) is 0. The van der Waals surface area contributed by atoms with Crippen LogP contribution >= 0.6 is 7.82 Å². The normalized spacial score (nSPS) is 11.5. The Morgan fingerprint density at radius 3 is 1.76 bits per heavy atom. The Labute approximate surface area is 175 Å². The van der Waals surface area contributed by atoms with Gasteiger partial charge in [0, 0.05) is 6.42 Å². The van der Waals surface area contributed by atoms with Crippen LogP contribution in [0.25, 0.3) is 0 Å². The number of rotatable bonds is 16. The first-order valence-corrected chi connectivity index (χ1v) is 10.9. The number of hydrogen-bond acceptors (Lipinski definition) is 3. The molecule has 7 heteroatoms. The van der Waals surface area contributed by atoms with Crippen LogP contribution in [0.3, 0.4) is 0 Å². The second kappa shape index (κ2) is 19.1. The van der Waals surface area contributed by atoms with Gasteiger partial charge in [0.05, 0.1) is 0 Å². The van der Waals surface area contributed by atoms with Crippen LogP contribution in [0.1, 0.15) is 96.8 Å². The first-order chi connectivity index (χ1) is 11.5. The van der Waals surface area contributed by atoms with Crippen LogP contribution in [-0.2, 0) is 13.9 Å². The molecule has 0 aromatic heterocycles. The van der Waals surface area contributed by atoms with E-state index in [-0.39, 0.29) is 36.0 Å². The zero-order chi connectivity index (χ0) is 18.1. The SMILES string of the molecule is CCCCCCCC/C=C\CCCCCCCC(=O)OP(=O)(O)O.[NaH]. The summed E-state index contributed by atoms with van der Waals surface area (Å²) >= 11 is 0. The van der Waals surface area contributed by atoms with Gasteiger partial charge in [0.25, 0.3) is 0 Å². The zero-order valence-corrected chi connectivity index (χ0v) is 16.0. The van der Waals surface area contributed by atoms with Gasteiger partial charge in [-0.2, -0.15) is 0 Å². The van der Waals surface area contributed by atoms with Crippen LogP contribution in [-0.4, -0.2) is 45.3 Å². The summed E-state index contributed by atoms with van der Waals surface area (Å²) in [7, 11) is -4.67. The van der Waals surface area contributed by atoms with Gasteiger partial charge in [-0.25, -0.2) is 4.57 Å². The van der Waals surface area contributed by atoms with Gasteiger partial charge >= 0.3 is 43.3 Å². The second-order valence-electron chi connectivity index (χ2n) is 6.29. The standard InChI is InChI=1S/C18H35O5P.Na.H/c1-2-3-4-5-6-7-8-9-10-11-12-13-14-15-16-17-18(19)23-24(20,21)22;;/h9-10H,2-8,11-17H2,1H3,(H2,20,21,22);;/b10-9-;;. The predicted octanol–water partition coefficient (Wildman–Crippen LogP) is 5.01. The maximum absolute atomic E-state index is 11.1. The molecular formula is C18H36NaO5P. The Morgan fingerprint density at radius 2 is 1.28 bits per heavy atom.